The van der Waals surface area contributed by atoms with Crippen LogP contribution in [0.4, 0.5) is 0 Å². The predicted octanol–water partition coefficient (Wildman–Crippen LogP) is 2.73. The van der Waals surface area contributed by atoms with Crippen molar-refractivity contribution in [3.63, 3.8) is 0 Å². The lowest BCUT2D eigenvalue weighted by Gasteiger charge is -2.09. The van der Waals surface area contributed by atoms with Gasteiger partial charge in [-0.15, -0.1) is 0 Å². The number of rotatable bonds is 3. The molecule has 5 nitrogen and oxygen atoms in total. The molecule has 0 saturated heterocycles. The third kappa shape index (κ3) is 3.13. The zero-order valence-electron chi connectivity index (χ0n) is 12.9. The number of pyridine rings is 1. The Balaban J connectivity index is 1.92. The van der Waals surface area contributed by atoms with Crippen molar-refractivity contribution in [3.8, 4) is 0 Å². The van der Waals surface area contributed by atoms with E-state index in [0.29, 0.717) is 11.1 Å². The molecule has 0 spiro atoms. The van der Waals surface area contributed by atoms with Crippen molar-refractivity contribution in [3.05, 3.63) is 75.4 Å². The highest BCUT2D eigenvalue weighted by Gasteiger charge is 2.10. The highest BCUT2D eigenvalue weighted by molar-refractivity contribution is 5.94. The van der Waals surface area contributed by atoms with Gasteiger partial charge in [0.05, 0.1) is 5.56 Å². The first-order chi connectivity index (χ1) is 11.0. The first-order valence-electron chi connectivity index (χ1n) is 7.27. The van der Waals surface area contributed by atoms with Gasteiger partial charge in [0.2, 0.25) is 0 Å². The Kier molecular flexibility index (Phi) is 3.93. The molecule has 0 aliphatic carbocycles. The van der Waals surface area contributed by atoms with Gasteiger partial charge in [-0.25, -0.2) is 4.79 Å². The minimum absolute atomic E-state index is 0.233. The fraction of sp³-hybridized carbons (Fsp3) is 0.167. The van der Waals surface area contributed by atoms with Crippen molar-refractivity contribution in [2.45, 2.75) is 20.4 Å². The van der Waals surface area contributed by atoms with Crippen LogP contribution in [0.3, 0.4) is 0 Å². The van der Waals surface area contributed by atoms with E-state index >= 15 is 0 Å². The molecule has 116 valence electrons. The fourth-order valence-electron chi connectivity index (χ4n) is 2.40. The summed E-state index contributed by atoms with van der Waals surface area (Å²) >= 11 is 0. The number of benzene rings is 1. The standard InChI is InChI=1S/C18H16N2O3/c1-11-6-15-14(8-17(21)23-16(15)7-12(11)2)10-20-18(22)13-4-3-5-19-9-13/h3-9H,10H2,1-2H3,(H,20,22). The van der Waals surface area contributed by atoms with Crippen LogP contribution in [0.5, 0.6) is 0 Å². The lowest BCUT2D eigenvalue weighted by molar-refractivity contribution is 0.0950. The van der Waals surface area contributed by atoms with Crippen LogP contribution >= 0.6 is 0 Å². The molecule has 2 aromatic heterocycles. The van der Waals surface area contributed by atoms with Gasteiger partial charge >= 0.3 is 5.63 Å². The predicted molar refractivity (Wildman–Crippen MR) is 87.4 cm³/mol. The summed E-state index contributed by atoms with van der Waals surface area (Å²) in [4.78, 5) is 27.8. The minimum atomic E-state index is -0.425. The first-order valence-corrected chi connectivity index (χ1v) is 7.27. The van der Waals surface area contributed by atoms with Gasteiger partial charge in [-0.3, -0.25) is 9.78 Å². The highest BCUT2D eigenvalue weighted by atomic mass is 16.4. The molecule has 1 N–H and O–H groups in total. The Bertz CT molecular complexity index is 930. The largest absolute Gasteiger partial charge is 0.423 e. The van der Waals surface area contributed by atoms with Crippen LogP contribution in [0.15, 0.2) is 51.9 Å². The molecule has 0 atom stereocenters. The summed E-state index contributed by atoms with van der Waals surface area (Å²) in [7, 11) is 0. The second-order valence-corrected chi connectivity index (χ2v) is 5.45. The Labute approximate surface area is 133 Å². The molecule has 1 aromatic carbocycles. The van der Waals surface area contributed by atoms with Gasteiger partial charge < -0.3 is 9.73 Å². The molecule has 3 aromatic rings. The number of aryl methyl sites for hydroxylation is 2. The number of carbonyl (C=O) groups excluding carboxylic acids is 1. The van der Waals surface area contributed by atoms with Gasteiger partial charge in [-0.05, 0) is 54.8 Å². The summed E-state index contributed by atoms with van der Waals surface area (Å²) in [5.41, 5.74) is 3.48. The molecule has 0 unspecified atom stereocenters. The molecular formula is C18H16N2O3. The monoisotopic (exact) mass is 308 g/mol. The highest BCUT2D eigenvalue weighted by Crippen LogP contribution is 2.21. The lowest BCUT2D eigenvalue weighted by Crippen LogP contribution is -2.23. The molecule has 0 radical (unpaired) electrons. The van der Waals surface area contributed by atoms with E-state index in [2.05, 4.69) is 10.3 Å². The molecule has 5 heteroatoms. The Morgan fingerprint density at radius 2 is 2.00 bits per heavy atom. The maximum atomic E-state index is 12.1. The van der Waals surface area contributed by atoms with Gasteiger partial charge in [0, 0.05) is 30.4 Å². The molecule has 0 aliphatic rings. The number of aromatic nitrogens is 1. The Hall–Kier alpha value is -2.95. The third-order valence-corrected chi connectivity index (χ3v) is 3.81. The van der Waals surface area contributed by atoms with E-state index in [4.69, 9.17) is 4.42 Å². The summed E-state index contributed by atoms with van der Waals surface area (Å²) in [6.45, 7) is 4.21. The molecule has 0 bridgehead atoms. The topological polar surface area (TPSA) is 72.2 Å². The van der Waals surface area contributed by atoms with Crippen LogP contribution in [-0.2, 0) is 6.54 Å². The normalized spacial score (nSPS) is 10.7. The summed E-state index contributed by atoms with van der Waals surface area (Å²) in [6.07, 6.45) is 3.11. The van der Waals surface area contributed by atoms with Crippen LogP contribution in [-0.4, -0.2) is 10.9 Å². The van der Waals surface area contributed by atoms with Gasteiger partial charge in [-0.1, -0.05) is 0 Å². The molecule has 2 heterocycles. The number of amides is 1. The first kappa shape index (κ1) is 15.0. The Morgan fingerprint density at radius 1 is 1.22 bits per heavy atom. The van der Waals surface area contributed by atoms with E-state index in [9.17, 15) is 9.59 Å². The van der Waals surface area contributed by atoms with Crippen molar-refractivity contribution < 1.29 is 9.21 Å². The van der Waals surface area contributed by atoms with E-state index in [1.54, 1.807) is 18.3 Å². The Morgan fingerprint density at radius 3 is 2.74 bits per heavy atom. The van der Waals surface area contributed by atoms with Crippen molar-refractivity contribution in [2.24, 2.45) is 0 Å². The second kappa shape index (κ2) is 6.04. The van der Waals surface area contributed by atoms with Crippen LogP contribution < -0.4 is 10.9 Å². The molecule has 1 amide bonds. The molecule has 23 heavy (non-hydrogen) atoms. The number of hydrogen-bond donors (Lipinski definition) is 1. The maximum absolute atomic E-state index is 12.1. The summed E-state index contributed by atoms with van der Waals surface area (Å²) < 4.78 is 5.25. The summed E-state index contributed by atoms with van der Waals surface area (Å²) in [5.74, 6) is -0.233. The van der Waals surface area contributed by atoms with Crippen LogP contribution in [0, 0.1) is 13.8 Å². The van der Waals surface area contributed by atoms with Gasteiger partial charge in [0.15, 0.2) is 0 Å². The number of nitrogens with one attached hydrogen (secondary N) is 1. The number of nitrogens with zero attached hydrogens (tertiary/aromatic N) is 1. The zero-order valence-corrected chi connectivity index (χ0v) is 12.9. The van der Waals surface area contributed by atoms with E-state index in [1.165, 1.54) is 12.3 Å². The molecule has 3 rings (SSSR count). The molecule has 0 fully saturated rings. The third-order valence-electron chi connectivity index (χ3n) is 3.81. The van der Waals surface area contributed by atoms with Crippen LogP contribution in [0.2, 0.25) is 0 Å². The second-order valence-electron chi connectivity index (χ2n) is 5.45. The van der Waals surface area contributed by atoms with Gasteiger partial charge in [0.25, 0.3) is 5.91 Å². The maximum Gasteiger partial charge on any atom is 0.336 e. The van der Waals surface area contributed by atoms with E-state index in [0.717, 1.165) is 22.1 Å². The smallest absolute Gasteiger partial charge is 0.336 e. The van der Waals surface area contributed by atoms with Crippen molar-refractivity contribution in [1.29, 1.82) is 0 Å². The number of fused-ring (bicyclic) bond motifs is 1. The summed E-state index contributed by atoms with van der Waals surface area (Å²) in [5, 5.41) is 3.64. The van der Waals surface area contributed by atoms with Crippen molar-refractivity contribution in [1.82, 2.24) is 10.3 Å². The molecule has 0 aliphatic heterocycles. The van der Waals surface area contributed by atoms with Crippen molar-refractivity contribution in [2.75, 3.05) is 0 Å². The average Bonchev–Trinajstić information content (AvgIpc) is 2.55. The van der Waals surface area contributed by atoms with E-state index in [1.807, 2.05) is 26.0 Å². The average molecular weight is 308 g/mol. The van der Waals surface area contributed by atoms with E-state index < -0.39 is 5.63 Å². The summed E-state index contributed by atoms with van der Waals surface area (Å²) in [6, 6.07) is 8.62. The number of hydrogen-bond acceptors (Lipinski definition) is 4. The number of carbonyl (C=O) groups is 1. The lowest BCUT2D eigenvalue weighted by atomic mass is 10.0. The van der Waals surface area contributed by atoms with Crippen molar-refractivity contribution >= 4 is 16.9 Å². The van der Waals surface area contributed by atoms with E-state index in [-0.39, 0.29) is 12.5 Å². The molecule has 0 saturated carbocycles. The van der Waals surface area contributed by atoms with Crippen LogP contribution in [0.1, 0.15) is 27.0 Å². The van der Waals surface area contributed by atoms with Crippen LogP contribution in [0.25, 0.3) is 11.0 Å². The van der Waals surface area contributed by atoms with Gasteiger partial charge in [-0.2, -0.15) is 0 Å². The fourth-order valence-corrected chi connectivity index (χ4v) is 2.40. The zero-order chi connectivity index (χ0) is 16.4. The molecular weight excluding hydrogens is 292 g/mol. The quantitative estimate of drug-likeness (QED) is 0.755. The minimum Gasteiger partial charge on any atom is -0.423 e. The SMILES string of the molecule is Cc1cc2oc(=O)cc(CNC(=O)c3cccnc3)c2cc1C. The van der Waals surface area contributed by atoms with Gasteiger partial charge in [0.1, 0.15) is 5.58 Å².